The number of likely N-dealkylation sites (tertiary alicyclic amines) is 1. The highest BCUT2D eigenvalue weighted by molar-refractivity contribution is 6.33. The predicted octanol–water partition coefficient (Wildman–Crippen LogP) is 4.00. The summed E-state index contributed by atoms with van der Waals surface area (Å²) >= 11 is 11.9. The van der Waals surface area contributed by atoms with Crippen LogP contribution >= 0.6 is 23.2 Å². The molecule has 27 heavy (non-hydrogen) atoms. The van der Waals surface area contributed by atoms with Crippen LogP contribution < -0.4 is 5.43 Å². The molecule has 140 valence electrons. The van der Waals surface area contributed by atoms with Gasteiger partial charge < -0.3 is 4.90 Å². The van der Waals surface area contributed by atoms with Crippen molar-refractivity contribution in [3.8, 4) is 0 Å². The van der Waals surface area contributed by atoms with Crippen molar-refractivity contribution in [2.45, 2.75) is 12.8 Å². The lowest BCUT2D eigenvalue weighted by Gasteiger charge is -2.31. The summed E-state index contributed by atoms with van der Waals surface area (Å²) in [4.78, 5) is 26.5. The molecule has 3 rings (SSSR count). The molecule has 1 N–H and O–H groups in total. The third kappa shape index (κ3) is 5.08. The molecular weight excluding hydrogens is 385 g/mol. The van der Waals surface area contributed by atoms with Crippen molar-refractivity contribution in [3.63, 3.8) is 0 Å². The van der Waals surface area contributed by atoms with Crippen LogP contribution in [0.15, 0.2) is 53.6 Å². The van der Waals surface area contributed by atoms with Crippen LogP contribution in [0.5, 0.6) is 0 Å². The van der Waals surface area contributed by atoms with Crippen LogP contribution in [-0.2, 0) is 4.79 Å². The lowest BCUT2D eigenvalue weighted by Crippen LogP contribution is -2.42. The fraction of sp³-hybridized carbons (Fsp3) is 0.250. The summed E-state index contributed by atoms with van der Waals surface area (Å²) in [6, 6.07) is 14.1. The summed E-state index contributed by atoms with van der Waals surface area (Å²) in [6.07, 6.45) is 2.74. The Bertz CT molecular complexity index is 845. The van der Waals surface area contributed by atoms with Crippen molar-refractivity contribution in [3.05, 3.63) is 69.7 Å². The van der Waals surface area contributed by atoms with E-state index in [9.17, 15) is 9.59 Å². The molecule has 0 atom stereocenters. The second-order valence-electron chi connectivity index (χ2n) is 6.33. The van der Waals surface area contributed by atoms with Crippen molar-refractivity contribution in [1.82, 2.24) is 10.3 Å². The molecule has 0 unspecified atom stereocenters. The van der Waals surface area contributed by atoms with Gasteiger partial charge in [-0.15, -0.1) is 0 Å². The third-order valence-electron chi connectivity index (χ3n) is 4.53. The maximum Gasteiger partial charge on any atom is 0.253 e. The number of hydrogen-bond acceptors (Lipinski definition) is 3. The maximum absolute atomic E-state index is 12.5. The van der Waals surface area contributed by atoms with E-state index in [0.29, 0.717) is 41.5 Å². The first-order chi connectivity index (χ1) is 13.0. The van der Waals surface area contributed by atoms with Gasteiger partial charge in [0.25, 0.3) is 5.91 Å². The number of benzene rings is 2. The van der Waals surface area contributed by atoms with E-state index in [-0.39, 0.29) is 17.7 Å². The van der Waals surface area contributed by atoms with Gasteiger partial charge in [-0.05, 0) is 43.2 Å². The van der Waals surface area contributed by atoms with E-state index in [2.05, 4.69) is 10.5 Å². The van der Waals surface area contributed by atoms with Gasteiger partial charge in [0.15, 0.2) is 0 Å². The molecule has 5 nitrogen and oxygen atoms in total. The molecule has 2 aromatic rings. The molecule has 0 radical (unpaired) electrons. The number of nitrogens with zero attached hydrogens (tertiary/aromatic N) is 2. The zero-order valence-electron chi connectivity index (χ0n) is 14.6. The van der Waals surface area contributed by atoms with E-state index in [0.717, 1.165) is 5.56 Å². The standard InChI is InChI=1S/C20H19Cl2N3O2/c21-17-7-5-15(6-8-17)20(27)25-11-9-14(10-12-25)19(26)24-23-13-16-3-1-2-4-18(16)22/h1-8,13-14H,9-12H2,(H,24,26)/b23-13-. The van der Waals surface area contributed by atoms with Crippen LogP contribution in [0.2, 0.25) is 10.0 Å². The Hall–Kier alpha value is -2.37. The fourth-order valence-corrected chi connectivity index (χ4v) is 3.27. The molecule has 1 saturated heterocycles. The Labute approximate surface area is 168 Å². The van der Waals surface area contributed by atoms with E-state index in [4.69, 9.17) is 23.2 Å². The molecule has 0 bridgehead atoms. The van der Waals surface area contributed by atoms with Gasteiger partial charge in [-0.1, -0.05) is 41.4 Å². The number of halogens is 2. The highest BCUT2D eigenvalue weighted by Gasteiger charge is 2.27. The zero-order chi connectivity index (χ0) is 19.2. The second kappa shape index (κ2) is 9.02. The number of rotatable bonds is 4. The first-order valence-corrected chi connectivity index (χ1v) is 9.42. The molecular formula is C20H19Cl2N3O2. The maximum atomic E-state index is 12.5. The molecule has 1 fully saturated rings. The van der Waals surface area contributed by atoms with Crippen LogP contribution in [0.4, 0.5) is 0 Å². The van der Waals surface area contributed by atoms with Gasteiger partial charge in [0.05, 0.1) is 6.21 Å². The molecule has 0 aliphatic carbocycles. The molecule has 0 saturated carbocycles. The monoisotopic (exact) mass is 403 g/mol. The first-order valence-electron chi connectivity index (χ1n) is 8.67. The average Bonchev–Trinajstić information content (AvgIpc) is 2.69. The van der Waals surface area contributed by atoms with Crippen molar-refractivity contribution >= 4 is 41.2 Å². The number of amides is 2. The minimum absolute atomic E-state index is 0.0396. The van der Waals surface area contributed by atoms with Crippen LogP contribution in [0.3, 0.4) is 0 Å². The second-order valence-corrected chi connectivity index (χ2v) is 7.17. The van der Waals surface area contributed by atoms with Crippen molar-refractivity contribution in [1.29, 1.82) is 0 Å². The molecule has 7 heteroatoms. The minimum Gasteiger partial charge on any atom is -0.339 e. The van der Waals surface area contributed by atoms with Crippen LogP contribution in [0.25, 0.3) is 0 Å². The number of carbonyl (C=O) groups excluding carboxylic acids is 2. The average molecular weight is 404 g/mol. The summed E-state index contributed by atoms with van der Waals surface area (Å²) in [6.45, 7) is 1.07. The van der Waals surface area contributed by atoms with E-state index >= 15 is 0 Å². The van der Waals surface area contributed by atoms with Gasteiger partial charge >= 0.3 is 0 Å². The SMILES string of the molecule is O=C(N/N=C\c1ccccc1Cl)C1CCN(C(=O)c2ccc(Cl)cc2)CC1. The summed E-state index contributed by atoms with van der Waals surface area (Å²) in [5, 5.41) is 5.16. The number of hydrazone groups is 1. The molecule has 0 aromatic heterocycles. The Kier molecular flexibility index (Phi) is 6.48. The van der Waals surface area contributed by atoms with Gasteiger partial charge in [0.2, 0.25) is 5.91 Å². The van der Waals surface area contributed by atoms with Crippen LogP contribution in [-0.4, -0.2) is 36.0 Å². The molecule has 2 amide bonds. The van der Waals surface area contributed by atoms with Gasteiger partial charge in [-0.2, -0.15) is 5.10 Å². The quantitative estimate of drug-likeness (QED) is 0.619. The topological polar surface area (TPSA) is 61.8 Å². The fourth-order valence-electron chi connectivity index (χ4n) is 2.96. The lowest BCUT2D eigenvalue weighted by molar-refractivity contribution is -0.126. The molecule has 2 aromatic carbocycles. The molecule has 1 heterocycles. The minimum atomic E-state index is -0.164. The zero-order valence-corrected chi connectivity index (χ0v) is 16.1. The van der Waals surface area contributed by atoms with Crippen LogP contribution in [0.1, 0.15) is 28.8 Å². The van der Waals surface area contributed by atoms with E-state index < -0.39 is 0 Å². The first kappa shape index (κ1) is 19.4. The Morgan fingerprint density at radius 2 is 1.70 bits per heavy atom. The third-order valence-corrected chi connectivity index (χ3v) is 5.12. The Morgan fingerprint density at radius 1 is 1.04 bits per heavy atom. The number of piperidine rings is 1. The van der Waals surface area contributed by atoms with Crippen molar-refractivity contribution in [2.24, 2.45) is 11.0 Å². The van der Waals surface area contributed by atoms with E-state index in [1.54, 1.807) is 35.2 Å². The Balaban J connectivity index is 1.50. The smallest absolute Gasteiger partial charge is 0.253 e. The molecule has 0 spiro atoms. The Morgan fingerprint density at radius 3 is 2.37 bits per heavy atom. The normalized spacial score (nSPS) is 15.1. The van der Waals surface area contributed by atoms with Gasteiger partial charge in [0.1, 0.15) is 0 Å². The summed E-state index contributed by atoms with van der Waals surface area (Å²) in [5.74, 6) is -0.346. The highest BCUT2D eigenvalue weighted by atomic mass is 35.5. The van der Waals surface area contributed by atoms with E-state index in [1.807, 2.05) is 18.2 Å². The highest BCUT2D eigenvalue weighted by Crippen LogP contribution is 2.20. The van der Waals surface area contributed by atoms with Crippen molar-refractivity contribution < 1.29 is 9.59 Å². The van der Waals surface area contributed by atoms with Gasteiger partial charge in [-0.3, -0.25) is 9.59 Å². The van der Waals surface area contributed by atoms with Gasteiger partial charge in [-0.25, -0.2) is 5.43 Å². The summed E-state index contributed by atoms with van der Waals surface area (Å²) in [7, 11) is 0. The van der Waals surface area contributed by atoms with Crippen molar-refractivity contribution in [2.75, 3.05) is 13.1 Å². The number of hydrogen-bond donors (Lipinski definition) is 1. The number of nitrogens with one attached hydrogen (secondary N) is 1. The van der Waals surface area contributed by atoms with Gasteiger partial charge in [0, 0.05) is 40.2 Å². The number of carbonyl (C=O) groups is 2. The molecule has 1 aliphatic heterocycles. The molecule has 1 aliphatic rings. The summed E-state index contributed by atoms with van der Waals surface area (Å²) in [5.41, 5.74) is 3.91. The predicted molar refractivity (Wildman–Crippen MR) is 107 cm³/mol. The van der Waals surface area contributed by atoms with E-state index in [1.165, 1.54) is 6.21 Å². The summed E-state index contributed by atoms with van der Waals surface area (Å²) < 4.78 is 0. The van der Waals surface area contributed by atoms with Crippen LogP contribution in [0, 0.1) is 5.92 Å². The lowest BCUT2D eigenvalue weighted by atomic mass is 9.95. The largest absolute Gasteiger partial charge is 0.339 e.